The number of hydrogen-bond donors (Lipinski definition) is 2. The van der Waals surface area contributed by atoms with E-state index < -0.39 is 11.9 Å². The Labute approximate surface area is 157 Å². The number of guanidine groups is 1. The lowest BCUT2D eigenvalue weighted by molar-refractivity contribution is -0.140. The lowest BCUT2D eigenvalue weighted by Crippen LogP contribution is -2.43. The minimum atomic E-state index is -4.39. The van der Waals surface area contributed by atoms with Crippen molar-refractivity contribution in [3.63, 3.8) is 0 Å². The normalized spacial score (nSPS) is 17.5. The second-order valence-corrected chi connectivity index (χ2v) is 7.43. The molecule has 0 aliphatic carbocycles. The Bertz CT molecular complexity index is 565. The van der Waals surface area contributed by atoms with Crippen molar-refractivity contribution >= 4 is 17.3 Å². The third kappa shape index (κ3) is 6.75. The molecule has 0 unspecified atom stereocenters. The fourth-order valence-electron chi connectivity index (χ4n) is 2.97. The zero-order chi connectivity index (χ0) is 19.0. The molecule has 0 aromatic carbocycles. The first-order valence-electron chi connectivity index (χ1n) is 9.18. The van der Waals surface area contributed by atoms with Gasteiger partial charge in [-0.25, -0.2) is 9.98 Å². The van der Waals surface area contributed by atoms with Crippen molar-refractivity contribution in [1.82, 2.24) is 20.5 Å². The van der Waals surface area contributed by atoms with Gasteiger partial charge in [-0.05, 0) is 51.7 Å². The average Bonchev–Trinajstić information content (AvgIpc) is 3.08. The summed E-state index contributed by atoms with van der Waals surface area (Å²) in [5.41, 5.74) is -0.843. The molecule has 148 valence electrons. The van der Waals surface area contributed by atoms with E-state index in [0.29, 0.717) is 23.4 Å². The smallest absolute Gasteiger partial charge is 0.357 e. The first-order chi connectivity index (χ1) is 12.4. The van der Waals surface area contributed by atoms with E-state index in [1.807, 2.05) is 6.92 Å². The fourth-order valence-corrected chi connectivity index (χ4v) is 3.70. The van der Waals surface area contributed by atoms with E-state index in [1.165, 1.54) is 6.42 Å². The summed E-state index contributed by atoms with van der Waals surface area (Å²) in [5, 5.41) is 7.86. The molecule has 0 saturated carbocycles. The summed E-state index contributed by atoms with van der Waals surface area (Å²) in [7, 11) is 0. The Kier molecular flexibility index (Phi) is 8.15. The largest absolute Gasteiger partial charge is 0.434 e. The van der Waals surface area contributed by atoms with Gasteiger partial charge in [0.1, 0.15) is 5.01 Å². The van der Waals surface area contributed by atoms with Crippen molar-refractivity contribution in [1.29, 1.82) is 0 Å². The topological polar surface area (TPSA) is 52.5 Å². The van der Waals surface area contributed by atoms with Gasteiger partial charge >= 0.3 is 6.18 Å². The summed E-state index contributed by atoms with van der Waals surface area (Å²) in [4.78, 5) is 10.5. The number of aromatic nitrogens is 1. The molecular formula is C17H28F3N5S. The highest BCUT2D eigenvalue weighted by molar-refractivity contribution is 7.09. The molecule has 9 heteroatoms. The predicted octanol–water partition coefficient (Wildman–Crippen LogP) is 3.34. The summed E-state index contributed by atoms with van der Waals surface area (Å²) >= 11 is 0.988. The number of rotatable bonds is 7. The van der Waals surface area contributed by atoms with Crippen molar-refractivity contribution in [2.45, 2.75) is 45.8 Å². The summed E-state index contributed by atoms with van der Waals surface area (Å²) in [6.07, 6.45) is -0.886. The van der Waals surface area contributed by atoms with Crippen LogP contribution in [0.5, 0.6) is 0 Å². The lowest BCUT2D eigenvalue weighted by Gasteiger charge is -2.32. The van der Waals surface area contributed by atoms with Gasteiger partial charge in [0.25, 0.3) is 0 Å². The first kappa shape index (κ1) is 21.0. The molecule has 1 aromatic rings. The van der Waals surface area contributed by atoms with Crippen LogP contribution in [0.4, 0.5) is 13.2 Å². The molecule has 1 fully saturated rings. The molecule has 0 amide bonds. The maximum Gasteiger partial charge on any atom is 0.434 e. The molecule has 0 radical (unpaired) electrons. The number of hydrogen-bond acceptors (Lipinski definition) is 4. The molecular weight excluding hydrogens is 363 g/mol. The van der Waals surface area contributed by atoms with Gasteiger partial charge in [-0.2, -0.15) is 13.2 Å². The molecule has 0 bridgehead atoms. The number of halogens is 3. The van der Waals surface area contributed by atoms with Crippen molar-refractivity contribution in [3.8, 4) is 0 Å². The Balaban J connectivity index is 1.82. The van der Waals surface area contributed by atoms with Gasteiger partial charge in [0, 0.05) is 18.5 Å². The number of alkyl halides is 3. The molecule has 1 aromatic heterocycles. The molecule has 2 rings (SSSR count). The lowest BCUT2D eigenvalue weighted by atomic mass is 9.97. The van der Waals surface area contributed by atoms with Crippen molar-refractivity contribution in [2.75, 3.05) is 32.7 Å². The van der Waals surface area contributed by atoms with Gasteiger partial charge in [-0.3, -0.25) is 0 Å². The van der Waals surface area contributed by atoms with Crippen LogP contribution >= 0.6 is 11.3 Å². The van der Waals surface area contributed by atoms with Crippen LogP contribution in [0.25, 0.3) is 0 Å². The minimum absolute atomic E-state index is 0.144. The van der Waals surface area contributed by atoms with Gasteiger partial charge < -0.3 is 15.5 Å². The molecule has 2 N–H and O–H groups in total. The molecule has 26 heavy (non-hydrogen) atoms. The van der Waals surface area contributed by atoms with Crippen LogP contribution in [-0.4, -0.2) is 48.6 Å². The summed E-state index contributed by atoms with van der Waals surface area (Å²) < 4.78 is 37.8. The number of thiazole rings is 1. The van der Waals surface area contributed by atoms with Gasteiger partial charge in [-0.1, -0.05) is 6.92 Å². The van der Waals surface area contributed by atoms with E-state index in [9.17, 15) is 13.2 Å². The highest BCUT2D eigenvalue weighted by Crippen LogP contribution is 2.30. The second-order valence-electron chi connectivity index (χ2n) is 6.49. The fraction of sp³-hybridized carbons (Fsp3) is 0.765. The first-order valence-corrected chi connectivity index (χ1v) is 10.1. The van der Waals surface area contributed by atoms with E-state index in [4.69, 9.17) is 0 Å². The standard InChI is InChI=1S/C17H28F3N5S/c1-3-7-25-8-5-13(6-9-25)10-22-16(21-4-2)23-11-15-24-14(12-26-15)17(18,19)20/h12-13H,3-11H2,1-2H3,(H2,21,22,23). The molecule has 1 aliphatic heterocycles. The summed E-state index contributed by atoms with van der Waals surface area (Å²) in [6.45, 7) is 9.27. The SMILES string of the molecule is CCCN1CCC(CNC(=NCc2nc(C(F)(F)F)cs2)NCC)CC1. The third-order valence-electron chi connectivity index (χ3n) is 4.36. The van der Waals surface area contributed by atoms with Crippen LogP contribution in [-0.2, 0) is 12.7 Å². The maximum absolute atomic E-state index is 12.6. The highest BCUT2D eigenvalue weighted by atomic mass is 32.1. The van der Waals surface area contributed by atoms with Crippen molar-refractivity contribution < 1.29 is 13.2 Å². The van der Waals surface area contributed by atoms with Crippen LogP contribution in [0.1, 0.15) is 43.8 Å². The van der Waals surface area contributed by atoms with Crippen LogP contribution < -0.4 is 10.6 Å². The number of piperidine rings is 1. The monoisotopic (exact) mass is 391 g/mol. The number of nitrogens with zero attached hydrogens (tertiary/aromatic N) is 3. The van der Waals surface area contributed by atoms with Crippen LogP contribution in [0, 0.1) is 5.92 Å². The Morgan fingerprint density at radius 1 is 1.31 bits per heavy atom. The van der Waals surface area contributed by atoms with E-state index in [1.54, 1.807) is 0 Å². The zero-order valence-corrected chi connectivity index (χ0v) is 16.2. The van der Waals surface area contributed by atoms with Crippen LogP contribution in [0.2, 0.25) is 0 Å². The second kappa shape index (κ2) is 10.1. The molecule has 0 spiro atoms. The summed E-state index contributed by atoms with van der Waals surface area (Å²) in [6, 6.07) is 0. The zero-order valence-electron chi connectivity index (χ0n) is 15.4. The molecule has 1 aliphatic rings. The number of nitrogens with one attached hydrogen (secondary N) is 2. The van der Waals surface area contributed by atoms with Gasteiger partial charge in [0.2, 0.25) is 0 Å². The minimum Gasteiger partial charge on any atom is -0.357 e. The van der Waals surface area contributed by atoms with Gasteiger partial charge in [0.05, 0.1) is 6.54 Å². The maximum atomic E-state index is 12.6. The van der Waals surface area contributed by atoms with E-state index >= 15 is 0 Å². The average molecular weight is 392 g/mol. The Hall–Kier alpha value is -1.35. The van der Waals surface area contributed by atoms with E-state index in [2.05, 4.69) is 32.4 Å². The Morgan fingerprint density at radius 3 is 2.62 bits per heavy atom. The molecule has 0 atom stereocenters. The third-order valence-corrected chi connectivity index (χ3v) is 5.20. The van der Waals surface area contributed by atoms with E-state index in [0.717, 1.165) is 55.7 Å². The number of aliphatic imine (C=N–C) groups is 1. The van der Waals surface area contributed by atoms with Crippen LogP contribution in [0.15, 0.2) is 10.4 Å². The van der Waals surface area contributed by atoms with Crippen LogP contribution in [0.3, 0.4) is 0 Å². The quantitative estimate of drug-likeness (QED) is 0.553. The molecule has 5 nitrogen and oxygen atoms in total. The highest BCUT2D eigenvalue weighted by Gasteiger charge is 2.33. The van der Waals surface area contributed by atoms with Crippen molar-refractivity contribution in [3.05, 3.63) is 16.1 Å². The van der Waals surface area contributed by atoms with Gasteiger partial charge in [0.15, 0.2) is 11.7 Å². The summed E-state index contributed by atoms with van der Waals surface area (Å²) in [5.74, 6) is 1.23. The Morgan fingerprint density at radius 2 is 2.04 bits per heavy atom. The van der Waals surface area contributed by atoms with Gasteiger partial charge in [-0.15, -0.1) is 11.3 Å². The van der Waals surface area contributed by atoms with Crippen molar-refractivity contribution in [2.24, 2.45) is 10.9 Å². The molecule has 2 heterocycles. The number of likely N-dealkylation sites (tertiary alicyclic amines) is 1. The molecule has 1 saturated heterocycles. The predicted molar refractivity (Wildman–Crippen MR) is 99.4 cm³/mol. The van der Waals surface area contributed by atoms with E-state index in [-0.39, 0.29) is 6.54 Å².